The summed E-state index contributed by atoms with van der Waals surface area (Å²) in [5, 5.41) is 0.750. The van der Waals surface area contributed by atoms with Crippen molar-refractivity contribution in [1.29, 1.82) is 0 Å². The molecule has 1 fully saturated rings. The number of aromatic nitrogens is 2. The fourth-order valence-corrected chi connectivity index (χ4v) is 4.96. The number of thioether (sulfide) groups is 2. The van der Waals surface area contributed by atoms with Gasteiger partial charge < -0.3 is 10.5 Å². The molecule has 1 aromatic heterocycles. The first-order chi connectivity index (χ1) is 9.17. The summed E-state index contributed by atoms with van der Waals surface area (Å²) in [5.41, 5.74) is 6.05. The van der Waals surface area contributed by atoms with Gasteiger partial charge in [-0.1, -0.05) is 6.92 Å². The minimum Gasteiger partial charge on any atom is -0.465 e. The van der Waals surface area contributed by atoms with Gasteiger partial charge in [0.05, 0.1) is 12.4 Å². The Balaban J connectivity index is 2.25. The highest BCUT2D eigenvalue weighted by Crippen LogP contribution is 2.42. The smallest absolute Gasteiger partial charge is 0.343 e. The number of carbonyl (C=O) groups excluding carboxylic acids is 1. The molecule has 2 rings (SSSR count). The second-order valence-corrected chi connectivity index (χ2v) is 6.72. The van der Waals surface area contributed by atoms with E-state index in [0.717, 1.165) is 17.9 Å². The monoisotopic (exact) mass is 299 g/mol. The van der Waals surface area contributed by atoms with Crippen LogP contribution in [0.2, 0.25) is 0 Å². The average molecular weight is 299 g/mol. The normalized spacial score (nSPS) is 23.1. The fraction of sp³-hybridized carbons (Fsp3) is 0.583. The van der Waals surface area contributed by atoms with E-state index >= 15 is 0 Å². The fourth-order valence-electron chi connectivity index (χ4n) is 1.96. The molecule has 104 valence electrons. The number of nitrogens with zero attached hydrogens (tertiary/aromatic N) is 2. The summed E-state index contributed by atoms with van der Waals surface area (Å²) in [5.74, 6) is 2.67. The molecule has 19 heavy (non-hydrogen) atoms. The zero-order chi connectivity index (χ0) is 13.8. The Kier molecular flexibility index (Phi) is 4.93. The molecule has 0 saturated carbocycles. The van der Waals surface area contributed by atoms with Crippen LogP contribution in [-0.4, -0.2) is 39.8 Å². The average Bonchev–Trinajstić information content (AvgIpc) is 2.46. The SMILES string of the molecule is CCC1SCCSC1c1ncc(C(=O)OC)c(N)n1. The van der Waals surface area contributed by atoms with E-state index in [0.29, 0.717) is 11.1 Å². The van der Waals surface area contributed by atoms with Crippen LogP contribution < -0.4 is 5.73 Å². The number of nitrogen functional groups attached to an aromatic ring is 1. The van der Waals surface area contributed by atoms with Crippen LogP contribution in [0.3, 0.4) is 0 Å². The lowest BCUT2D eigenvalue weighted by Crippen LogP contribution is -2.21. The van der Waals surface area contributed by atoms with Crippen LogP contribution in [0, 0.1) is 0 Å². The molecule has 1 aliphatic rings. The highest BCUT2D eigenvalue weighted by molar-refractivity contribution is 8.06. The third-order valence-electron chi connectivity index (χ3n) is 2.95. The first kappa shape index (κ1) is 14.5. The van der Waals surface area contributed by atoms with E-state index in [1.807, 2.05) is 23.5 Å². The molecule has 0 amide bonds. The van der Waals surface area contributed by atoms with Crippen LogP contribution in [0.4, 0.5) is 5.82 Å². The summed E-state index contributed by atoms with van der Waals surface area (Å²) in [6.07, 6.45) is 2.54. The maximum absolute atomic E-state index is 11.5. The minimum absolute atomic E-state index is 0.197. The van der Waals surface area contributed by atoms with Crippen LogP contribution in [0.1, 0.15) is 34.8 Å². The molecule has 1 saturated heterocycles. The van der Waals surface area contributed by atoms with Gasteiger partial charge >= 0.3 is 5.97 Å². The summed E-state index contributed by atoms with van der Waals surface area (Å²) in [7, 11) is 1.32. The van der Waals surface area contributed by atoms with Gasteiger partial charge in [0.2, 0.25) is 0 Å². The van der Waals surface area contributed by atoms with Crippen molar-refractivity contribution in [3.63, 3.8) is 0 Å². The van der Waals surface area contributed by atoms with Gasteiger partial charge in [0.25, 0.3) is 0 Å². The zero-order valence-corrected chi connectivity index (χ0v) is 12.6. The summed E-state index contributed by atoms with van der Waals surface area (Å²) in [6, 6.07) is 0. The second-order valence-electron chi connectivity index (χ2n) is 4.13. The number of ether oxygens (including phenoxy) is 1. The summed E-state index contributed by atoms with van der Waals surface area (Å²) >= 11 is 3.81. The van der Waals surface area contributed by atoms with Crippen LogP contribution in [0.5, 0.6) is 0 Å². The van der Waals surface area contributed by atoms with Gasteiger partial charge in [-0.2, -0.15) is 11.8 Å². The number of hydrogen-bond donors (Lipinski definition) is 1. The predicted molar refractivity (Wildman–Crippen MR) is 79.5 cm³/mol. The van der Waals surface area contributed by atoms with Gasteiger partial charge in [-0.15, -0.1) is 11.8 Å². The first-order valence-electron chi connectivity index (χ1n) is 6.11. The number of rotatable bonds is 3. The van der Waals surface area contributed by atoms with Crippen LogP contribution >= 0.6 is 23.5 Å². The van der Waals surface area contributed by atoms with E-state index < -0.39 is 5.97 Å². The van der Waals surface area contributed by atoms with Crippen molar-refractivity contribution in [2.75, 3.05) is 24.3 Å². The largest absolute Gasteiger partial charge is 0.465 e. The van der Waals surface area contributed by atoms with E-state index in [1.54, 1.807) is 0 Å². The quantitative estimate of drug-likeness (QED) is 0.857. The molecule has 2 atom stereocenters. The molecule has 0 radical (unpaired) electrons. The topological polar surface area (TPSA) is 78.1 Å². The van der Waals surface area contributed by atoms with Gasteiger partial charge in [-0.3, -0.25) is 0 Å². The lowest BCUT2D eigenvalue weighted by molar-refractivity contribution is 0.0601. The number of nitrogens with two attached hydrogens (primary N) is 1. The number of methoxy groups -OCH3 is 1. The van der Waals surface area contributed by atoms with Crippen molar-refractivity contribution in [3.8, 4) is 0 Å². The highest BCUT2D eigenvalue weighted by atomic mass is 32.2. The summed E-state index contributed by atoms with van der Waals surface area (Å²) < 4.78 is 4.64. The molecule has 2 unspecified atom stereocenters. The van der Waals surface area contributed by atoms with E-state index in [9.17, 15) is 4.79 Å². The van der Waals surface area contributed by atoms with E-state index in [-0.39, 0.29) is 16.6 Å². The molecule has 1 aromatic rings. The van der Waals surface area contributed by atoms with Gasteiger partial charge in [-0.05, 0) is 6.42 Å². The van der Waals surface area contributed by atoms with Gasteiger partial charge in [0, 0.05) is 23.0 Å². The summed E-state index contributed by atoms with van der Waals surface area (Å²) in [6.45, 7) is 2.17. The molecule has 0 aliphatic carbocycles. The van der Waals surface area contributed by atoms with Crippen molar-refractivity contribution in [2.45, 2.75) is 23.8 Å². The van der Waals surface area contributed by atoms with Crippen LogP contribution in [0.15, 0.2) is 6.20 Å². The molecule has 2 heterocycles. The number of carbonyl (C=O) groups is 1. The van der Waals surface area contributed by atoms with E-state index in [4.69, 9.17) is 5.73 Å². The molecular weight excluding hydrogens is 282 g/mol. The van der Waals surface area contributed by atoms with Crippen molar-refractivity contribution < 1.29 is 9.53 Å². The Hall–Kier alpha value is -0.950. The standard InChI is InChI=1S/C12H17N3O2S2/c1-3-8-9(19-5-4-18-8)11-14-6-7(10(13)15-11)12(16)17-2/h6,8-9H,3-5H2,1-2H3,(H2,13,14,15). The lowest BCUT2D eigenvalue weighted by Gasteiger charge is -2.28. The maximum atomic E-state index is 11.5. The van der Waals surface area contributed by atoms with Crippen molar-refractivity contribution in [2.24, 2.45) is 0 Å². The molecule has 7 heteroatoms. The lowest BCUT2D eigenvalue weighted by atomic mass is 10.2. The van der Waals surface area contributed by atoms with Crippen molar-refractivity contribution in [3.05, 3.63) is 17.6 Å². The number of esters is 1. The molecule has 1 aliphatic heterocycles. The molecule has 0 spiro atoms. The Labute approximate surface area is 121 Å². The number of anilines is 1. The second kappa shape index (κ2) is 6.47. The van der Waals surface area contributed by atoms with E-state index in [1.165, 1.54) is 13.3 Å². The van der Waals surface area contributed by atoms with Crippen molar-refractivity contribution in [1.82, 2.24) is 9.97 Å². The number of hydrogen-bond acceptors (Lipinski definition) is 7. The zero-order valence-electron chi connectivity index (χ0n) is 11.0. The maximum Gasteiger partial charge on any atom is 0.343 e. The summed E-state index contributed by atoms with van der Waals surface area (Å²) in [4.78, 5) is 20.1. The van der Waals surface area contributed by atoms with Gasteiger partial charge in [-0.25, -0.2) is 14.8 Å². The van der Waals surface area contributed by atoms with Crippen LogP contribution in [-0.2, 0) is 4.74 Å². The third kappa shape index (κ3) is 3.14. The Morgan fingerprint density at radius 2 is 2.26 bits per heavy atom. The predicted octanol–water partition coefficient (Wildman–Crippen LogP) is 2.15. The third-order valence-corrected chi connectivity index (χ3v) is 6.19. The minimum atomic E-state index is -0.498. The van der Waals surface area contributed by atoms with Gasteiger partial charge in [0.1, 0.15) is 17.2 Å². The van der Waals surface area contributed by atoms with E-state index in [2.05, 4.69) is 21.6 Å². The van der Waals surface area contributed by atoms with Crippen molar-refractivity contribution >= 4 is 35.3 Å². The molecule has 2 N–H and O–H groups in total. The molecule has 0 bridgehead atoms. The first-order valence-corrected chi connectivity index (χ1v) is 8.21. The highest BCUT2D eigenvalue weighted by Gasteiger charge is 2.29. The Morgan fingerprint density at radius 3 is 2.89 bits per heavy atom. The molecule has 5 nitrogen and oxygen atoms in total. The van der Waals surface area contributed by atoms with Crippen LogP contribution in [0.25, 0.3) is 0 Å². The molecule has 0 aromatic carbocycles. The Bertz CT molecular complexity index is 470. The molecular formula is C12H17N3O2S2. The Morgan fingerprint density at radius 1 is 1.53 bits per heavy atom. The van der Waals surface area contributed by atoms with Gasteiger partial charge in [0.15, 0.2) is 0 Å².